The number of nitrogens with one attached hydrogen (secondary N) is 1. The molecule has 0 saturated carbocycles. The fourth-order valence-electron chi connectivity index (χ4n) is 4.84. The number of aromatic amines is 1. The molecular formula is C22H23N3O2. The molecule has 2 unspecified atom stereocenters. The van der Waals surface area contributed by atoms with Crippen LogP contribution in [-0.4, -0.2) is 27.5 Å². The average Bonchev–Trinajstić information content (AvgIpc) is 2.63. The van der Waals surface area contributed by atoms with Gasteiger partial charge in [-0.2, -0.15) is 0 Å². The lowest BCUT2D eigenvalue weighted by molar-refractivity contribution is 0.114. The van der Waals surface area contributed by atoms with Crippen LogP contribution in [0.1, 0.15) is 29.2 Å². The number of fused-ring (bicyclic) bond motifs is 5. The maximum Gasteiger partial charge on any atom is 0.252 e. The Balaban J connectivity index is 1.44. The molecule has 2 bridgehead atoms. The molecule has 5 heteroatoms. The van der Waals surface area contributed by atoms with Gasteiger partial charge in [0.05, 0.1) is 0 Å². The van der Waals surface area contributed by atoms with Crippen LogP contribution in [0.25, 0.3) is 10.9 Å². The predicted molar refractivity (Wildman–Crippen MR) is 106 cm³/mol. The lowest BCUT2D eigenvalue weighted by atomic mass is 9.83. The van der Waals surface area contributed by atoms with Gasteiger partial charge in [-0.1, -0.05) is 18.2 Å². The standard InChI is InChI=1S/C22H23N3O2/c1-14-5-6-16-9-18(22(27)23-19(16)7-14)13-24-10-15-8-17(12-24)20-3-2-4-21(26)25(20)11-15/h2-7,9,15,17H,8,10-13H2,1H3,(H,23,27). The minimum Gasteiger partial charge on any atom is -0.322 e. The highest BCUT2D eigenvalue weighted by atomic mass is 16.1. The van der Waals surface area contributed by atoms with E-state index in [4.69, 9.17) is 0 Å². The molecule has 27 heavy (non-hydrogen) atoms. The number of piperidine rings is 1. The zero-order chi connectivity index (χ0) is 18.5. The van der Waals surface area contributed by atoms with Gasteiger partial charge in [-0.05, 0) is 48.4 Å². The molecule has 1 saturated heterocycles. The Labute approximate surface area is 157 Å². The van der Waals surface area contributed by atoms with E-state index in [1.165, 1.54) is 0 Å². The molecule has 0 amide bonds. The van der Waals surface area contributed by atoms with Gasteiger partial charge < -0.3 is 9.55 Å². The van der Waals surface area contributed by atoms with Crippen LogP contribution in [0.4, 0.5) is 0 Å². The maximum absolute atomic E-state index is 12.6. The molecule has 3 aromatic rings. The molecule has 1 fully saturated rings. The molecule has 2 atom stereocenters. The van der Waals surface area contributed by atoms with Gasteiger partial charge >= 0.3 is 0 Å². The van der Waals surface area contributed by atoms with Gasteiger partial charge in [-0.3, -0.25) is 14.5 Å². The molecule has 2 aliphatic rings. The zero-order valence-corrected chi connectivity index (χ0v) is 15.4. The number of aromatic nitrogens is 2. The van der Waals surface area contributed by atoms with Gasteiger partial charge in [0, 0.05) is 54.9 Å². The summed E-state index contributed by atoms with van der Waals surface area (Å²) in [6, 6.07) is 13.8. The third kappa shape index (κ3) is 2.92. The van der Waals surface area contributed by atoms with Crippen LogP contribution < -0.4 is 11.1 Å². The van der Waals surface area contributed by atoms with Gasteiger partial charge in [-0.25, -0.2) is 0 Å². The molecule has 0 spiro atoms. The highest BCUT2D eigenvalue weighted by Gasteiger charge is 2.34. The second kappa shape index (κ2) is 6.20. The van der Waals surface area contributed by atoms with Gasteiger partial charge in [-0.15, -0.1) is 0 Å². The topological polar surface area (TPSA) is 58.1 Å². The summed E-state index contributed by atoms with van der Waals surface area (Å²) in [4.78, 5) is 30.2. The highest BCUT2D eigenvalue weighted by Crippen LogP contribution is 2.35. The fraction of sp³-hybridized carbons (Fsp3) is 0.364. The number of pyridine rings is 2. The molecule has 2 aliphatic heterocycles. The van der Waals surface area contributed by atoms with E-state index in [2.05, 4.69) is 28.1 Å². The number of aryl methyl sites for hydroxylation is 1. The van der Waals surface area contributed by atoms with Crippen LogP contribution in [0, 0.1) is 12.8 Å². The number of nitrogens with zero attached hydrogens (tertiary/aromatic N) is 2. The Hall–Kier alpha value is -2.66. The lowest BCUT2D eigenvalue weighted by Gasteiger charge is -2.42. The van der Waals surface area contributed by atoms with Crippen molar-refractivity contribution < 1.29 is 0 Å². The third-order valence-corrected chi connectivity index (χ3v) is 6.03. The van der Waals surface area contributed by atoms with E-state index in [1.807, 2.05) is 29.7 Å². The van der Waals surface area contributed by atoms with Crippen molar-refractivity contribution in [3.63, 3.8) is 0 Å². The van der Waals surface area contributed by atoms with Gasteiger partial charge in [0.2, 0.25) is 0 Å². The second-order valence-corrected chi connectivity index (χ2v) is 8.11. The van der Waals surface area contributed by atoms with Crippen molar-refractivity contribution in [1.82, 2.24) is 14.5 Å². The minimum atomic E-state index is 0.000419. The van der Waals surface area contributed by atoms with Crippen molar-refractivity contribution >= 4 is 10.9 Å². The van der Waals surface area contributed by atoms with Crippen LogP contribution in [0.5, 0.6) is 0 Å². The molecule has 5 nitrogen and oxygen atoms in total. The van der Waals surface area contributed by atoms with Gasteiger partial charge in [0.25, 0.3) is 11.1 Å². The van der Waals surface area contributed by atoms with Crippen molar-refractivity contribution in [1.29, 1.82) is 0 Å². The Bertz CT molecular complexity index is 1140. The van der Waals surface area contributed by atoms with E-state index in [9.17, 15) is 9.59 Å². The van der Waals surface area contributed by atoms with E-state index < -0.39 is 0 Å². The summed E-state index contributed by atoms with van der Waals surface area (Å²) in [5, 5.41) is 1.07. The number of hydrogen-bond donors (Lipinski definition) is 1. The number of H-pyrrole nitrogens is 1. The number of benzene rings is 1. The predicted octanol–water partition coefficient (Wildman–Crippen LogP) is 2.62. The molecule has 138 valence electrons. The van der Waals surface area contributed by atoms with Crippen molar-refractivity contribution in [2.45, 2.75) is 32.4 Å². The smallest absolute Gasteiger partial charge is 0.252 e. The van der Waals surface area contributed by atoms with Crippen molar-refractivity contribution in [2.24, 2.45) is 5.92 Å². The summed E-state index contributed by atoms with van der Waals surface area (Å²) in [6.45, 7) is 5.30. The molecule has 0 aliphatic carbocycles. The maximum atomic E-state index is 12.6. The third-order valence-electron chi connectivity index (χ3n) is 6.03. The molecular weight excluding hydrogens is 338 g/mol. The van der Waals surface area contributed by atoms with Gasteiger partial charge in [0.1, 0.15) is 0 Å². The molecule has 1 N–H and O–H groups in total. The summed E-state index contributed by atoms with van der Waals surface area (Å²) in [7, 11) is 0. The average molecular weight is 361 g/mol. The van der Waals surface area contributed by atoms with E-state index in [0.29, 0.717) is 18.4 Å². The molecule has 2 aromatic heterocycles. The highest BCUT2D eigenvalue weighted by molar-refractivity contribution is 5.79. The normalized spacial score (nSPS) is 22.0. The van der Waals surface area contributed by atoms with Crippen molar-refractivity contribution in [2.75, 3.05) is 13.1 Å². The van der Waals surface area contributed by atoms with E-state index in [1.54, 1.807) is 6.07 Å². The van der Waals surface area contributed by atoms with E-state index in [0.717, 1.165) is 53.8 Å². The van der Waals surface area contributed by atoms with Crippen molar-refractivity contribution in [3.8, 4) is 0 Å². The Morgan fingerprint density at radius 2 is 1.96 bits per heavy atom. The Kier molecular flexibility index (Phi) is 3.79. The van der Waals surface area contributed by atoms with Crippen LogP contribution in [-0.2, 0) is 13.1 Å². The number of likely N-dealkylation sites (tertiary alicyclic amines) is 1. The van der Waals surface area contributed by atoms with Crippen LogP contribution in [0.2, 0.25) is 0 Å². The first-order valence-electron chi connectivity index (χ1n) is 9.61. The molecule has 5 rings (SSSR count). The molecule has 0 radical (unpaired) electrons. The van der Waals surface area contributed by atoms with Gasteiger partial charge in [0.15, 0.2) is 0 Å². The Morgan fingerprint density at radius 3 is 2.85 bits per heavy atom. The first kappa shape index (κ1) is 16.5. The van der Waals surface area contributed by atoms with Crippen LogP contribution >= 0.6 is 0 Å². The first-order chi connectivity index (χ1) is 13.1. The minimum absolute atomic E-state index is 0.000419. The zero-order valence-electron chi connectivity index (χ0n) is 15.4. The van der Waals surface area contributed by atoms with E-state index >= 15 is 0 Å². The SMILES string of the molecule is Cc1ccc2cc(CN3CC4CC(C3)c3cccc(=O)n3C4)c(=O)[nH]c2c1. The summed E-state index contributed by atoms with van der Waals surface area (Å²) in [5.41, 5.74) is 4.11. The fourth-order valence-corrected chi connectivity index (χ4v) is 4.84. The molecule has 1 aromatic carbocycles. The van der Waals surface area contributed by atoms with Crippen LogP contribution in [0.3, 0.4) is 0 Å². The number of rotatable bonds is 2. The van der Waals surface area contributed by atoms with Crippen LogP contribution in [0.15, 0.2) is 52.1 Å². The van der Waals surface area contributed by atoms with E-state index in [-0.39, 0.29) is 11.1 Å². The summed E-state index contributed by atoms with van der Waals surface area (Å²) < 4.78 is 1.95. The second-order valence-electron chi connectivity index (χ2n) is 8.11. The molecule has 4 heterocycles. The quantitative estimate of drug-likeness (QED) is 0.763. The summed E-state index contributed by atoms with van der Waals surface area (Å²) in [5.74, 6) is 0.840. The lowest BCUT2D eigenvalue weighted by Crippen LogP contribution is -2.47. The van der Waals surface area contributed by atoms with Crippen molar-refractivity contribution in [3.05, 3.63) is 80.0 Å². The number of hydrogen-bond acceptors (Lipinski definition) is 3. The Morgan fingerprint density at radius 1 is 1.07 bits per heavy atom. The first-order valence-corrected chi connectivity index (χ1v) is 9.61. The monoisotopic (exact) mass is 361 g/mol. The largest absolute Gasteiger partial charge is 0.322 e. The summed E-state index contributed by atoms with van der Waals surface area (Å²) >= 11 is 0. The summed E-state index contributed by atoms with van der Waals surface area (Å²) in [6.07, 6.45) is 1.13.